The first-order chi connectivity index (χ1) is 28.7. The smallest absolute Gasteiger partial charge is 0.167 e. The molecular formula is C48H52N2O8S2. The Balaban J connectivity index is 1.47. The standard InChI is InChI=1S/C48H52N2O8S2/c1-25(2)37-33-21-27(5)39(45(53)41(33)35(43(51)47(37)55)23-49-17-19-57-29-9-13-31(59-7)14-10-29)40-28(6)22-34-38(26(3)4)48(56)44(52)36(42(34)46(40)54)24-50-18-20-58-30-11-15-32(60-8)16-12-30/h9-16,21-26,51-56H,17-20H2,1-8H3. The number of aryl methyl sites for hydroxylation is 2. The fourth-order valence-corrected chi connectivity index (χ4v) is 8.53. The molecule has 6 aromatic carbocycles. The van der Waals surface area contributed by atoms with Gasteiger partial charge in [0.05, 0.1) is 13.1 Å². The molecule has 6 aromatic rings. The van der Waals surface area contributed by atoms with E-state index in [0.717, 1.165) is 9.79 Å². The Hall–Kier alpha value is -5.72. The van der Waals surface area contributed by atoms with Gasteiger partial charge in [0.1, 0.15) is 36.2 Å². The highest BCUT2D eigenvalue weighted by atomic mass is 32.2. The highest BCUT2D eigenvalue weighted by Crippen LogP contribution is 2.54. The zero-order valence-electron chi connectivity index (χ0n) is 35.1. The number of phenols is 6. The van der Waals surface area contributed by atoms with Gasteiger partial charge in [-0.3, -0.25) is 9.98 Å². The van der Waals surface area contributed by atoms with E-state index in [1.54, 1.807) is 37.4 Å². The summed E-state index contributed by atoms with van der Waals surface area (Å²) in [6.45, 7) is 12.1. The molecular weight excluding hydrogens is 797 g/mol. The van der Waals surface area contributed by atoms with Crippen LogP contribution in [0.3, 0.4) is 0 Å². The Kier molecular flexibility index (Phi) is 13.7. The van der Waals surface area contributed by atoms with Crippen LogP contribution in [0.5, 0.6) is 46.0 Å². The third kappa shape index (κ3) is 8.62. The van der Waals surface area contributed by atoms with Gasteiger partial charge in [0.2, 0.25) is 0 Å². The van der Waals surface area contributed by atoms with Crippen molar-refractivity contribution in [3.05, 3.63) is 94.0 Å². The van der Waals surface area contributed by atoms with Crippen LogP contribution in [0.1, 0.15) is 72.9 Å². The summed E-state index contributed by atoms with van der Waals surface area (Å²) in [6.07, 6.45) is 6.84. The number of benzene rings is 6. The second-order valence-corrected chi connectivity index (χ2v) is 16.9. The number of ether oxygens (including phenoxy) is 2. The molecule has 0 saturated carbocycles. The summed E-state index contributed by atoms with van der Waals surface area (Å²) < 4.78 is 11.7. The van der Waals surface area contributed by atoms with Crippen molar-refractivity contribution >= 4 is 57.5 Å². The molecule has 0 bridgehead atoms. The van der Waals surface area contributed by atoms with Crippen LogP contribution >= 0.6 is 23.5 Å². The number of aliphatic imine (C=N–C) groups is 2. The maximum atomic E-state index is 12.4. The predicted molar refractivity (Wildman–Crippen MR) is 247 cm³/mol. The van der Waals surface area contributed by atoms with Crippen LogP contribution in [0.25, 0.3) is 32.7 Å². The van der Waals surface area contributed by atoms with E-state index in [-0.39, 0.29) is 94.2 Å². The lowest BCUT2D eigenvalue weighted by Crippen LogP contribution is -2.03. The summed E-state index contributed by atoms with van der Waals surface area (Å²) in [6, 6.07) is 19.1. The van der Waals surface area contributed by atoms with Crippen molar-refractivity contribution in [1.82, 2.24) is 0 Å². The number of thioether (sulfide) groups is 2. The second-order valence-electron chi connectivity index (χ2n) is 15.2. The minimum absolute atomic E-state index is 0.104. The first kappa shape index (κ1) is 43.8. The van der Waals surface area contributed by atoms with Gasteiger partial charge in [-0.25, -0.2) is 0 Å². The molecule has 0 aromatic heterocycles. The van der Waals surface area contributed by atoms with E-state index in [4.69, 9.17) is 9.47 Å². The lowest BCUT2D eigenvalue weighted by Gasteiger charge is -2.23. The molecule has 314 valence electrons. The zero-order valence-corrected chi connectivity index (χ0v) is 36.8. The molecule has 6 rings (SSSR count). The van der Waals surface area contributed by atoms with Crippen LogP contribution in [0, 0.1) is 13.8 Å². The molecule has 0 aliphatic rings. The molecule has 0 saturated heterocycles. The molecule has 0 unspecified atom stereocenters. The van der Waals surface area contributed by atoms with Crippen LogP contribution < -0.4 is 9.47 Å². The van der Waals surface area contributed by atoms with Crippen molar-refractivity contribution in [3.8, 4) is 57.1 Å². The SMILES string of the molecule is CSc1ccc(OCCN=Cc2c(O)c(O)c(C(C)C)c3cc(C)c(-c4c(C)cc5c(C(C)C)c(O)c(O)c(C=NCCOc6ccc(SC)cc6)c5c4O)c(O)c23)cc1. The minimum Gasteiger partial charge on any atom is -0.507 e. The van der Waals surface area contributed by atoms with Gasteiger partial charge in [-0.1, -0.05) is 39.8 Å². The number of hydrogen-bond donors (Lipinski definition) is 6. The van der Waals surface area contributed by atoms with Crippen LogP contribution in [0.2, 0.25) is 0 Å². The van der Waals surface area contributed by atoms with Crippen molar-refractivity contribution in [1.29, 1.82) is 0 Å². The molecule has 0 atom stereocenters. The van der Waals surface area contributed by atoms with Crippen molar-refractivity contribution in [3.63, 3.8) is 0 Å². The number of rotatable bonds is 15. The lowest BCUT2D eigenvalue weighted by atomic mass is 9.83. The number of nitrogens with zero attached hydrogens (tertiary/aromatic N) is 2. The van der Waals surface area contributed by atoms with Crippen molar-refractivity contribution in [2.75, 3.05) is 38.8 Å². The summed E-state index contributed by atoms with van der Waals surface area (Å²) in [5.74, 6) is -1.06. The van der Waals surface area contributed by atoms with E-state index in [0.29, 0.717) is 44.5 Å². The van der Waals surface area contributed by atoms with E-state index in [1.165, 1.54) is 12.4 Å². The Labute approximate surface area is 359 Å². The molecule has 6 N–H and O–H groups in total. The van der Waals surface area contributed by atoms with Crippen LogP contribution in [-0.4, -0.2) is 81.9 Å². The highest BCUT2D eigenvalue weighted by molar-refractivity contribution is 7.98. The Morgan fingerprint density at radius 1 is 0.533 bits per heavy atom. The van der Waals surface area contributed by atoms with Gasteiger partial charge in [-0.15, -0.1) is 23.5 Å². The first-order valence-electron chi connectivity index (χ1n) is 19.7. The number of hydrogen-bond acceptors (Lipinski definition) is 12. The van der Waals surface area contributed by atoms with E-state index >= 15 is 0 Å². The Morgan fingerprint density at radius 3 is 1.20 bits per heavy atom. The predicted octanol–water partition coefficient (Wildman–Crippen LogP) is 11.2. The third-order valence-corrected chi connectivity index (χ3v) is 12.0. The topological polar surface area (TPSA) is 165 Å². The average molecular weight is 849 g/mol. The largest absolute Gasteiger partial charge is 0.507 e. The van der Waals surface area contributed by atoms with Crippen molar-refractivity contribution < 1.29 is 40.1 Å². The molecule has 10 nitrogen and oxygen atoms in total. The van der Waals surface area contributed by atoms with Gasteiger partial charge < -0.3 is 40.1 Å². The number of fused-ring (bicyclic) bond motifs is 2. The van der Waals surface area contributed by atoms with Gasteiger partial charge in [0, 0.05) is 66.4 Å². The molecule has 12 heteroatoms. The molecule has 0 heterocycles. The third-order valence-electron chi connectivity index (χ3n) is 10.5. The quantitative estimate of drug-likeness (QED) is 0.0254. The summed E-state index contributed by atoms with van der Waals surface area (Å²) in [4.78, 5) is 11.3. The van der Waals surface area contributed by atoms with Crippen LogP contribution in [0.15, 0.2) is 80.4 Å². The maximum absolute atomic E-state index is 12.4. The average Bonchev–Trinajstić information content (AvgIpc) is 3.21. The summed E-state index contributed by atoms with van der Waals surface area (Å²) in [5, 5.41) is 72.0. The van der Waals surface area contributed by atoms with E-state index in [9.17, 15) is 30.6 Å². The normalized spacial score (nSPS) is 12.0. The molecule has 0 radical (unpaired) electrons. The molecule has 0 aliphatic carbocycles. The lowest BCUT2D eigenvalue weighted by molar-refractivity contribution is 0.328. The van der Waals surface area contributed by atoms with Crippen LogP contribution in [-0.2, 0) is 0 Å². The fraction of sp³-hybridized carbons (Fsp3) is 0.292. The summed E-state index contributed by atoms with van der Waals surface area (Å²) in [5.41, 5.74) is 2.84. The van der Waals surface area contributed by atoms with Gasteiger partial charge in [0.25, 0.3) is 0 Å². The van der Waals surface area contributed by atoms with Crippen LogP contribution in [0.4, 0.5) is 0 Å². The van der Waals surface area contributed by atoms with Crippen molar-refractivity contribution in [2.45, 2.75) is 63.2 Å². The van der Waals surface area contributed by atoms with E-state index in [1.807, 2.05) is 101 Å². The second kappa shape index (κ2) is 18.7. The van der Waals surface area contributed by atoms with Gasteiger partial charge in [-0.2, -0.15) is 0 Å². The monoisotopic (exact) mass is 848 g/mol. The maximum Gasteiger partial charge on any atom is 0.167 e. The van der Waals surface area contributed by atoms with Gasteiger partial charge in [0.15, 0.2) is 23.0 Å². The van der Waals surface area contributed by atoms with Crippen molar-refractivity contribution in [2.24, 2.45) is 9.98 Å². The molecule has 0 amide bonds. The zero-order chi connectivity index (χ0) is 43.4. The minimum atomic E-state index is -0.436. The van der Waals surface area contributed by atoms with Gasteiger partial charge >= 0.3 is 0 Å². The van der Waals surface area contributed by atoms with Gasteiger partial charge in [-0.05, 0) is 109 Å². The highest BCUT2D eigenvalue weighted by Gasteiger charge is 2.29. The summed E-state index contributed by atoms with van der Waals surface area (Å²) >= 11 is 3.27. The number of phenolic OH excluding ortho intramolecular Hbond substituents is 6. The molecule has 0 spiro atoms. The van der Waals surface area contributed by atoms with E-state index < -0.39 is 11.5 Å². The molecule has 0 fully saturated rings. The fourth-order valence-electron chi connectivity index (χ4n) is 7.71. The molecule has 0 aliphatic heterocycles. The number of aromatic hydroxyl groups is 6. The summed E-state index contributed by atoms with van der Waals surface area (Å²) in [7, 11) is 0. The molecule has 60 heavy (non-hydrogen) atoms. The first-order valence-corrected chi connectivity index (χ1v) is 22.2. The Bertz CT molecular complexity index is 2420. The Morgan fingerprint density at radius 2 is 0.883 bits per heavy atom. The van der Waals surface area contributed by atoms with E-state index in [2.05, 4.69) is 9.98 Å².